The highest BCUT2D eigenvalue weighted by molar-refractivity contribution is 6.33. The molecule has 8 heteroatoms. The van der Waals surface area contributed by atoms with Crippen molar-refractivity contribution in [3.8, 4) is 11.3 Å². The fourth-order valence-electron chi connectivity index (χ4n) is 3.59. The molecule has 0 atom stereocenters. The van der Waals surface area contributed by atoms with Gasteiger partial charge in [-0.25, -0.2) is 9.37 Å². The molecule has 4 rings (SSSR count). The molecule has 0 aliphatic rings. The molecule has 0 spiro atoms. The molecule has 0 saturated heterocycles. The second-order valence-corrected chi connectivity index (χ2v) is 7.39. The third kappa shape index (κ3) is 3.35. The number of carbonyl (C=O) groups excluding carboxylic acids is 1. The van der Waals surface area contributed by atoms with E-state index in [1.807, 2.05) is 31.2 Å². The molecule has 0 fully saturated rings. The number of carbonyl (C=O) groups is 1. The van der Waals surface area contributed by atoms with Crippen LogP contribution >= 0.6 is 11.6 Å². The number of para-hydroxylation sites is 2. The van der Waals surface area contributed by atoms with E-state index >= 15 is 0 Å². The van der Waals surface area contributed by atoms with Crippen molar-refractivity contribution in [2.45, 2.75) is 26.9 Å². The highest BCUT2D eigenvalue weighted by Crippen LogP contribution is 2.34. The number of imidazole rings is 1. The summed E-state index contributed by atoms with van der Waals surface area (Å²) in [6.07, 6.45) is 0. The quantitative estimate of drug-likeness (QED) is 0.446. The summed E-state index contributed by atoms with van der Waals surface area (Å²) in [6.45, 7) is 4.64. The number of rotatable bonds is 5. The van der Waals surface area contributed by atoms with E-state index in [2.05, 4.69) is 14.7 Å². The van der Waals surface area contributed by atoms with Gasteiger partial charge >= 0.3 is 0 Å². The number of fused-ring (bicyclic) bond motifs is 1. The Balaban J connectivity index is 1.70. The monoisotopic (exact) mass is 426 g/mol. The summed E-state index contributed by atoms with van der Waals surface area (Å²) in [4.78, 5) is 19.5. The Morgan fingerprint density at radius 2 is 2.00 bits per heavy atom. The minimum atomic E-state index is -0.569. The van der Waals surface area contributed by atoms with Gasteiger partial charge in [0.25, 0.3) is 5.91 Å². The summed E-state index contributed by atoms with van der Waals surface area (Å²) in [5, 5.41) is 4.08. The number of benzene rings is 2. The van der Waals surface area contributed by atoms with Gasteiger partial charge in [-0.05, 0) is 38.1 Å². The number of hydrogen-bond donors (Lipinski definition) is 0. The lowest BCUT2D eigenvalue weighted by Crippen LogP contribution is -2.28. The normalized spacial score (nSPS) is 11.2. The van der Waals surface area contributed by atoms with E-state index in [-0.39, 0.29) is 34.3 Å². The topological polar surface area (TPSA) is 64.2 Å². The zero-order valence-corrected chi connectivity index (χ0v) is 17.6. The number of amides is 1. The van der Waals surface area contributed by atoms with Crippen LogP contribution in [0, 0.1) is 12.7 Å². The van der Waals surface area contributed by atoms with Crippen LogP contribution in [-0.2, 0) is 13.1 Å². The molecule has 1 amide bonds. The first kappa shape index (κ1) is 20.1. The molecule has 30 heavy (non-hydrogen) atoms. The van der Waals surface area contributed by atoms with Gasteiger partial charge in [-0.3, -0.25) is 4.79 Å². The van der Waals surface area contributed by atoms with Gasteiger partial charge < -0.3 is 14.0 Å². The maximum absolute atomic E-state index is 14.4. The predicted molar refractivity (Wildman–Crippen MR) is 113 cm³/mol. The summed E-state index contributed by atoms with van der Waals surface area (Å²) < 4.78 is 21.7. The highest BCUT2D eigenvalue weighted by atomic mass is 35.5. The molecule has 0 unspecified atom stereocenters. The lowest BCUT2D eigenvalue weighted by atomic mass is 10.0. The van der Waals surface area contributed by atoms with Crippen molar-refractivity contribution in [3.63, 3.8) is 0 Å². The summed E-state index contributed by atoms with van der Waals surface area (Å²) in [5.41, 5.74) is 2.21. The zero-order chi connectivity index (χ0) is 21.4. The molecule has 6 nitrogen and oxygen atoms in total. The predicted octanol–water partition coefficient (Wildman–Crippen LogP) is 5.08. The minimum Gasteiger partial charge on any atom is -0.360 e. The third-order valence-electron chi connectivity index (χ3n) is 5.05. The van der Waals surface area contributed by atoms with Crippen molar-refractivity contribution in [1.82, 2.24) is 19.6 Å². The van der Waals surface area contributed by atoms with Gasteiger partial charge in [0.1, 0.15) is 28.7 Å². The Labute approximate surface area is 177 Å². The lowest BCUT2D eigenvalue weighted by molar-refractivity contribution is 0.0779. The van der Waals surface area contributed by atoms with Crippen LogP contribution < -0.4 is 0 Å². The van der Waals surface area contributed by atoms with Crippen LogP contribution in [0.2, 0.25) is 5.02 Å². The molecular formula is C22H20ClFN4O2. The first-order valence-electron chi connectivity index (χ1n) is 9.52. The molecule has 4 aromatic rings. The Morgan fingerprint density at radius 1 is 1.23 bits per heavy atom. The van der Waals surface area contributed by atoms with Crippen LogP contribution in [0.4, 0.5) is 4.39 Å². The fourth-order valence-corrected chi connectivity index (χ4v) is 3.84. The average molecular weight is 427 g/mol. The second-order valence-electron chi connectivity index (χ2n) is 6.98. The summed E-state index contributed by atoms with van der Waals surface area (Å²) in [6, 6.07) is 12.1. The van der Waals surface area contributed by atoms with Crippen LogP contribution in [0.15, 0.2) is 47.0 Å². The molecular weight excluding hydrogens is 407 g/mol. The van der Waals surface area contributed by atoms with Gasteiger partial charge in [-0.15, -0.1) is 0 Å². The maximum atomic E-state index is 14.4. The van der Waals surface area contributed by atoms with Crippen molar-refractivity contribution >= 4 is 28.5 Å². The molecule has 0 aliphatic heterocycles. The van der Waals surface area contributed by atoms with Gasteiger partial charge in [0.05, 0.1) is 28.2 Å². The van der Waals surface area contributed by atoms with E-state index in [9.17, 15) is 9.18 Å². The van der Waals surface area contributed by atoms with E-state index in [4.69, 9.17) is 16.1 Å². The van der Waals surface area contributed by atoms with Crippen LogP contribution in [0.3, 0.4) is 0 Å². The Morgan fingerprint density at radius 3 is 2.73 bits per heavy atom. The molecule has 0 aliphatic carbocycles. The summed E-state index contributed by atoms with van der Waals surface area (Å²) in [5.74, 6) is 0.136. The van der Waals surface area contributed by atoms with Crippen LogP contribution in [-0.4, -0.2) is 32.6 Å². The number of hydrogen-bond acceptors (Lipinski definition) is 4. The van der Waals surface area contributed by atoms with Gasteiger partial charge in [0.2, 0.25) is 0 Å². The van der Waals surface area contributed by atoms with Crippen molar-refractivity contribution < 1.29 is 13.7 Å². The molecule has 2 aromatic carbocycles. The largest absolute Gasteiger partial charge is 0.360 e. The number of aromatic nitrogens is 3. The van der Waals surface area contributed by atoms with E-state index in [0.29, 0.717) is 5.76 Å². The molecule has 154 valence electrons. The molecule has 2 aromatic heterocycles. The van der Waals surface area contributed by atoms with Crippen molar-refractivity contribution in [2.24, 2.45) is 0 Å². The second kappa shape index (κ2) is 7.91. The Bertz CT molecular complexity index is 1230. The van der Waals surface area contributed by atoms with Crippen LogP contribution in [0.25, 0.3) is 22.3 Å². The SMILES string of the molecule is CCn1c(CN(C)C(=O)c2c(-c3c(F)cccc3Cl)noc2C)nc2ccccc21. The first-order chi connectivity index (χ1) is 14.4. The van der Waals surface area contributed by atoms with Gasteiger partial charge in [-0.2, -0.15) is 0 Å². The van der Waals surface area contributed by atoms with Crippen molar-refractivity contribution in [1.29, 1.82) is 0 Å². The Hall–Kier alpha value is -3.19. The summed E-state index contributed by atoms with van der Waals surface area (Å²) in [7, 11) is 1.67. The molecule has 0 radical (unpaired) electrons. The van der Waals surface area contributed by atoms with Crippen LogP contribution in [0.1, 0.15) is 28.9 Å². The molecule has 0 bridgehead atoms. The average Bonchev–Trinajstić information content (AvgIpc) is 3.27. The molecule has 2 heterocycles. The van der Waals surface area contributed by atoms with Gasteiger partial charge in [0.15, 0.2) is 0 Å². The van der Waals surface area contributed by atoms with Crippen LogP contribution in [0.5, 0.6) is 0 Å². The summed E-state index contributed by atoms with van der Waals surface area (Å²) >= 11 is 6.18. The standard InChI is InChI=1S/C22H20ClFN4O2/c1-4-28-17-11-6-5-10-16(17)25-18(28)12-27(3)22(29)19-13(2)30-26-21(19)20-14(23)8-7-9-15(20)24/h5-11H,4,12H2,1-3H3. The fraction of sp³-hybridized carbons (Fsp3) is 0.227. The van der Waals surface area contributed by atoms with E-state index < -0.39 is 5.82 Å². The van der Waals surface area contributed by atoms with E-state index in [0.717, 1.165) is 23.4 Å². The van der Waals surface area contributed by atoms with Gasteiger partial charge in [-0.1, -0.05) is 35.0 Å². The third-order valence-corrected chi connectivity index (χ3v) is 5.37. The molecule has 0 saturated carbocycles. The number of aryl methyl sites for hydroxylation is 2. The number of halogens is 2. The van der Waals surface area contributed by atoms with Crippen molar-refractivity contribution in [3.05, 3.63) is 70.5 Å². The Kier molecular flexibility index (Phi) is 5.30. The zero-order valence-electron chi connectivity index (χ0n) is 16.8. The minimum absolute atomic E-state index is 0.0496. The molecule has 0 N–H and O–H groups in total. The maximum Gasteiger partial charge on any atom is 0.259 e. The number of nitrogens with zero attached hydrogens (tertiary/aromatic N) is 4. The van der Waals surface area contributed by atoms with Crippen molar-refractivity contribution in [2.75, 3.05) is 7.05 Å². The first-order valence-corrected chi connectivity index (χ1v) is 9.90. The van der Waals surface area contributed by atoms with Gasteiger partial charge in [0, 0.05) is 13.6 Å². The smallest absolute Gasteiger partial charge is 0.259 e. The highest BCUT2D eigenvalue weighted by Gasteiger charge is 2.28. The van der Waals surface area contributed by atoms with E-state index in [1.54, 1.807) is 20.0 Å². The van der Waals surface area contributed by atoms with E-state index in [1.165, 1.54) is 17.0 Å². The lowest BCUT2D eigenvalue weighted by Gasteiger charge is -2.18.